The van der Waals surface area contributed by atoms with Gasteiger partial charge in [0.25, 0.3) is 0 Å². The summed E-state index contributed by atoms with van der Waals surface area (Å²) in [6.45, 7) is 6.01. The van der Waals surface area contributed by atoms with Gasteiger partial charge in [-0.25, -0.2) is 0 Å². The number of carbonyl (C=O) groups excluding carboxylic acids is 1. The van der Waals surface area contributed by atoms with Gasteiger partial charge in [0.15, 0.2) is 0 Å². The van der Waals surface area contributed by atoms with Crippen LogP contribution in [0, 0.1) is 17.0 Å². The number of nitrogens with one attached hydrogen (secondary N) is 1. The second-order valence-corrected chi connectivity index (χ2v) is 4.17. The van der Waals surface area contributed by atoms with Crippen molar-refractivity contribution in [3.8, 4) is 0 Å². The summed E-state index contributed by atoms with van der Waals surface area (Å²) >= 11 is 0. The molecule has 7 heteroatoms. The van der Waals surface area contributed by atoms with Crippen LogP contribution in [0.4, 0.5) is 5.82 Å². The maximum Gasteiger partial charge on any atom is 0.390 e. The highest BCUT2D eigenvalue weighted by molar-refractivity contribution is 5.79. The standard InChI is InChI=1S/C11H18N4O3/c1-4-5-6-12-11(16)9(3)14-8(2)7-10(13-14)15(17)18/h7,9H,4-6H2,1-3H3,(H,12,16). The minimum absolute atomic E-state index is 0.176. The molecular weight excluding hydrogens is 236 g/mol. The molecule has 0 fully saturated rings. The molecule has 1 atom stereocenters. The van der Waals surface area contributed by atoms with Crippen molar-refractivity contribution in [3.05, 3.63) is 21.9 Å². The zero-order chi connectivity index (χ0) is 13.7. The zero-order valence-electron chi connectivity index (χ0n) is 10.8. The number of carbonyl (C=O) groups is 1. The summed E-state index contributed by atoms with van der Waals surface area (Å²) in [5.74, 6) is -0.412. The van der Waals surface area contributed by atoms with Gasteiger partial charge < -0.3 is 15.4 Å². The van der Waals surface area contributed by atoms with Crippen molar-refractivity contribution in [3.63, 3.8) is 0 Å². The van der Waals surface area contributed by atoms with Crippen LogP contribution in [-0.2, 0) is 4.79 Å². The zero-order valence-corrected chi connectivity index (χ0v) is 10.8. The number of nitrogens with zero attached hydrogens (tertiary/aromatic N) is 3. The number of rotatable bonds is 6. The molecule has 0 radical (unpaired) electrons. The van der Waals surface area contributed by atoms with E-state index in [9.17, 15) is 14.9 Å². The Labute approximate surface area is 105 Å². The molecule has 0 aliphatic heterocycles. The minimum atomic E-state index is -0.564. The van der Waals surface area contributed by atoms with Crippen LogP contribution in [0.25, 0.3) is 0 Å². The SMILES string of the molecule is CCCCNC(=O)C(C)n1nc([N+](=O)[O-])cc1C. The first-order chi connectivity index (χ1) is 8.47. The maximum atomic E-state index is 11.8. The first-order valence-electron chi connectivity index (χ1n) is 5.95. The Morgan fingerprint density at radius 1 is 1.67 bits per heavy atom. The Balaban J connectivity index is 2.74. The number of amides is 1. The van der Waals surface area contributed by atoms with E-state index in [1.54, 1.807) is 13.8 Å². The van der Waals surface area contributed by atoms with Gasteiger partial charge in [0, 0.05) is 6.54 Å². The van der Waals surface area contributed by atoms with Crippen LogP contribution in [0.1, 0.15) is 38.4 Å². The van der Waals surface area contributed by atoms with Crippen molar-refractivity contribution < 1.29 is 9.72 Å². The Kier molecular flexibility index (Phi) is 4.82. The van der Waals surface area contributed by atoms with E-state index in [1.165, 1.54) is 10.7 Å². The van der Waals surface area contributed by atoms with E-state index in [0.717, 1.165) is 12.8 Å². The summed E-state index contributed by atoms with van der Waals surface area (Å²) in [5, 5.41) is 17.2. The van der Waals surface area contributed by atoms with Crippen molar-refractivity contribution in [2.24, 2.45) is 0 Å². The van der Waals surface area contributed by atoms with Crippen molar-refractivity contribution in [2.45, 2.75) is 39.7 Å². The van der Waals surface area contributed by atoms with Crippen molar-refractivity contribution in [1.82, 2.24) is 15.1 Å². The molecule has 100 valence electrons. The van der Waals surface area contributed by atoms with E-state index >= 15 is 0 Å². The Hall–Kier alpha value is -1.92. The predicted octanol–water partition coefficient (Wildman–Crippen LogP) is 1.58. The first kappa shape index (κ1) is 14.1. The van der Waals surface area contributed by atoms with Crippen molar-refractivity contribution >= 4 is 11.7 Å². The highest BCUT2D eigenvalue weighted by Gasteiger charge is 2.24. The summed E-state index contributed by atoms with van der Waals surface area (Å²) in [6, 6.07) is 0.811. The molecule has 0 aliphatic carbocycles. The minimum Gasteiger partial charge on any atom is -0.358 e. The van der Waals surface area contributed by atoms with Gasteiger partial charge in [-0.15, -0.1) is 0 Å². The Morgan fingerprint density at radius 3 is 2.83 bits per heavy atom. The number of aromatic nitrogens is 2. The molecule has 1 amide bonds. The van der Waals surface area contributed by atoms with E-state index < -0.39 is 11.0 Å². The second kappa shape index (κ2) is 6.13. The lowest BCUT2D eigenvalue weighted by molar-refractivity contribution is -0.389. The lowest BCUT2D eigenvalue weighted by Crippen LogP contribution is -2.32. The number of hydrogen-bond acceptors (Lipinski definition) is 4. The molecule has 0 bridgehead atoms. The van der Waals surface area contributed by atoms with E-state index in [0.29, 0.717) is 12.2 Å². The second-order valence-electron chi connectivity index (χ2n) is 4.17. The average molecular weight is 254 g/mol. The van der Waals surface area contributed by atoms with Gasteiger partial charge in [-0.05, 0) is 25.2 Å². The summed E-state index contributed by atoms with van der Waals surface area (Å²) in [7, 11) is 0. The van der Waals surface area contributed by atoms with E-state index in [2.05, 4.69) is 10.4 Å². The van der Waals surface area contributed by atoms with Crippen LogP contribution in [0.5, 0.6) is 0 Å². The Morgan fingerprint density at radius 2 is 2.33 bits per heavy atom. The third-order valence-electron chi connectivity index (χ3n) is 2.67. The van der Waals surface area contributed by atoms with Crippen LogP contribution < -0.4 is 5.32 Å². The van der Waals surface area contributed by atoms with Gasteiger partial charge >= 0.3 is 5.82 Å². The van der Waals surface area contributed by atoms with Crippen LogP contribution >= 0.6 is 0 Å². The molecule has 18 heavy (non-hydrogen) atoms. The molecule has 1 aromatic rings. The predicted molar refractivity (Wildman–Crippen MR) is 66.2 cm³/mol. The molecule has 1 rings (SSSR count). The van der Waals surface area contributed by atoms with Crippen LogP contribution in [0.2, 0.25) is 0 Å². The van der Waals surface area contributed by atoms with Crippen molar-refractivity contribution in [2.75, 3.05) is 6.54 Å². The molecule has 0 spiro atoms. The molecule has 0 aromatic carbocycles. The van der Waals surface area contributed by atoms with Crippen LogP contribution in [0.15, 0.2) is 6.07 Å². The fourth-order valence-electron chi connectivity index (χ4n) is 1.60. The third-order valence-corrected chi connectivity index (χ3v) is 2.67. The van der Waals surface area contributed by atoms with Crippen molar-refractivity contribution in [1.29, 1.82) is 0 Å². The Bertz CT molecular complexity index is 441. The maximum absolute atomic E-state index is 11.8. The van der Waals surface area contributed by atoms with Gasteiger partial charge in [0.05, 0.1) is 16.9 Å². The monoisotopic (exact) mass is 254 g/mol. The third kappa shape index (κ3) is 3.28. The quantitative estimate of drug-likeness (QED) is 0.474. The molecule has 0 aliphatic rings. The molecule has 1 heterocycles. The fraction of sp³-hybridized carbons (Fsp3) is 0.636. The molecule has 0 saturated heterocycles. The first-order valence-corrected chi connectivity index (χ1v) is 5.95. The van der Waals surface area contributed by atoms with Gasteiger partial charge in [-0.3, -0.25) is 4.79 Å². The van der Waals surface area contributed by atoms with E-state index in [-0.39, 0.29) is 11.7 Å². The smallest absolute Gasteiger partial charge is 0.358 e. The number of nitro groups is 1. The van der Waals surface area contributed by atoms with Gasteiger partial charge in [0.1, 0.15) is 6.04 Å². The topological polar surface area (TPSA) is 90.1 Å². The van der Waals surface area contributed by atoms with E-state index in [1.807, 2.05) is 6.92 Å². The number of aryl methyl sites for hydroxylation is 1. The molecule has 1 aromatic heterocycles. The molecule has 1 unspecified atom stereocenters. The lowest BCUT2D eigenvalue weighted by Gasteiger charge is -2.10. The summed E-state index contributed by atoms with van der Waals surface area (Å²) in [5.41, 5.74) is 0.597. The highest BCUT2D eigenvalue weighted by Crippen LogP contribution is 2.15. The van der Waals surface area contributed by atoms with Gasteiger partial charge in [-0.2, -0.15) is 4.68 Å². The highest BCUT2D eigenvalue weighted by atomic mass is 16.6. The number of hydrogen-bond donors (Lipinski definition) is 1. The largest absolute Gasteiger partial charge is 0.390 e. The summed E-state index contributed by atoms with van der Waals surface area (Å²) in [6.07, 6.45) is 1.91. The molecular formula is C11H18N4O3. The summed E-state index contributed by atoms with van der Waals surface area (Å²) in [4.78, 5) is 21.8. The fourth-order valence-corrected chi connectivity index (χ4v) is 1.60. The average Bonchev–Trinajstić information content (AvgIpc) is 2.70. The van der Waals surface area contributed by atoms with E-state index in [4.69, 9.17) is 0 Å². The van der Waals surface area contributed by atoms with Gasteiger partial charge in [-0.1, -0.05) is 13.3 Å². The normalized spacial score (nSPS) is 12.2. The molecule has 1 N–H and O–H groups in total. The van der Waals surface area contributed by atoms with Gasteiger partial charge in [0.2, 0.25) is 5.91 Å². The number of unbranched alkanes of at least 4 members (excludes halogenated alkanes) is 1. The van der Waals surface area contributed by atoms with Crippen LogP contribution in [0.3, 0.4) is 0 Å². The molecule has 0 saturated carbocycles. The van der Waals surface area contributed by atoms with Crippen LogP contribution in [-0.4, -0.2) is 27.2 Å². The summed E-state index contributed by atoms with van der Waals surface area (Å²) < 4.78 is 1.37. The lowest BCUT2D eigenvalue weighted by atomic mass is 10.3. The molecule has 7 nitrogen and oxygen atoms in total.